The number of anilines is 1. The van der Waals surface area contributed by atoms with Crippen LogP contribution in [-0.4, -0.2) is 18.5 Å². The van der Waals surface area contributed by atoms with Crippen molar-refractivity contribution in [3.05, 3.63) is 28.5 Å². The number of amides is 1. The molecular weight excluding hydrogens is 311 g/mol. The van der Waals surface area contributed by atoms with Crippen LogP contribution >= 0.6 is 15.9 Å². The highest BCUT2D eigenvalue weighted by Gasteiger charge is 2.26. The first kappa shape index (κ1) is 14.5. The molecule has 2 unspecified atom stereocenters. The van der Waals surface area contributed by atoms with Gasteiger partial charge in [-0.05, 0) is 43.5 Å². The van der Waals surface area contributed by atoms with Gasteiger partial charge in [0, 0.05) is 4.47 Å². The molecule has 0 radical (unpaired) electrons. The smallest absolute Gasteiger partial charge is 0.241 e. The van der Waals surface area contributed by atoms with Gasteiger partial charge in [-0.2, -0.15) is 0 Å². The molecule has 1 aliphatic heterocycles. The van der Waals surface area contributed by atoms with E-state index >= 15 is 0 Å². The molecule has 2 N–H and O–H groups in total. The van der Waals surface area contributed by atoms with Crippen LogP contribution in [0.2, 0.25) is 0 Å². The lowest BCUT2D eigenvalue weighted by Gasteiger charge is -2.28. The zero-order chi connectivity index (χ0) is 13.8. The molecule has 1 heterocycles. The van der Waals surface area contributed by atoms with E-state index in [2.05, 4.69) is 33.5 Å². The van der Waals surface area contributed by atoms with Crippen LogP contribution in [0.15, 0.2) is 22.7 Å². The number of rotatable bonds is 3. The van der Waals surface area contributed by atoms with E-state index in [1.165, 1.54) is 6.07 Å². The molecule has 0 spiro atoms. The lowest BCUT2D eigenvalue weighted by molar-refractivity contribution is -0.119. The van der Waals surface area contributed by atoms with E-state index in [-0.39, 0.29) is 17.6 Å². The molecule has 5 heteroatoms. The second-order valence-electron chi connectivity index (χ2n) is 4.92. The van der Waals surface area contributed by atoms with Gasteiger partial charge < -0.3 is 10.6 Å². The van der Waals surface area contributed by atoms with E-state index < -0.39 is 5.82 Å². The number of carbonyl (C=O) groups is 1. The molecule has 1 aliphatic rings. The summed E-state index contributed by atoms with van der Waals surface area (Å²) in [5, 5.41) is 5.85. The summed E-state index contributed by atoms with van der Waals surface area (Å²) in [7, 11) is 0. The second-order valence-corrected chi connectivity index (χ2v) is 5.83. The fourth-order valence-corrected chi connectivity index (χ4v) is 2.74. The van der Waals surface area contributed by atoms with Gasteiger partial charge >= 0.3 is 0 Å². The molecule has 0 saturated carbocycles. The first-order valence-electron chi connectivity index (χ1n) is 6.59. The highest BCUT2D eigenvalue weighted by atomic mass is 79.9. The molecule has 19 heavy (non-hydrogen) atoms. The summed E-state index contributed by atoms with van der Waals surface area (Å²) in [6.07, 6.45) is 3.00. The summed E-state index contributed by atoms with van der Waals surface area (Å²) in [6, 6.07) is 4.30. The summed E-state index contributed by atoms with van der Waals surface area (Å²) >= 11 is 3.27. The van der Waals surface area contributed by atoms with E-state index in [9.17, 15) is 9.18 Å². The number of piperidine rings is 1. The second kappa shape index (κ2) is 6.48. The molecule has 1 aromatic carbocycles. The molecule has 1 aromatic rings. The molecule has 1 amide bonds. The molecule has 1 fully saturated rings. The van der Waals surface area contributed by atoms with E-state index in [1.54, 1.807) is 12.1 Å². The Bertz CT molecular complexity index is 467. The zero-order valence-electron chi connectivity index (χ0n) is 10.9. The monoisotopic (exact) mass is 328 g/mol. The zero-order valence-corrected chi connectivity index (χ0v) is 12.5. The summed E-state index contributed by atoms with van der Waals surface area (Å²) in [6.45, 7) is 2.98. The first-order valence-corrected chi connectivity index (χ1v) is 7.38. The largest absolute Gasteiger partial charge is 0.322 e. The number of hydrogen-bond acceptors (Lipinski definition) is 2. The van der Waals surface area contributed by atoms with Crippen molar-refractivity contribution in [3.63, 3.8) is 0 Å². The number of hydrogen-bond donors (Lipinski definition) is 2. The predicted octanol–water partition coefficient (Wildman–Crippen LogP) is 3.30. The molecule has 0 aromatic heterocycles. The lowest BCUT2D eigenvalue weighted by atomic mass is 9.90. The Morgan fingerprint density at radius 2 is 2.37 bits per heavy atom. The maximum atomic E-state index is 13.6. The average Bonchev–Trinajstić information content (AvgIpc) is 2.43. The van der Waals surface area contributed by atoms with Crippen molar-refractivity contribution >= 4 is 27.5 Å². The Kier molecular flexibility index (Phi) is 4.93. The fraction of sp³-hybridized carbons (Fsp3) is 0.500. The molecule has 104 valence electrons. The van der Waals surface area contributed by atoms with Gasteiger partial charge in [-0.3, -0.25) is 4.79 Å². The Morgan fingerprint density at radius 3 is 3.11 bits per heavy atom. The van der Waals surface area contributed by atoms with Gasteiger partial charge in [0.1, 0.15) is 5.82 Å². The number of benzene rings is 1. The van der Waals surface area contributed by atoms with Crippen LogP contribution < -0.4 is 10.6 Å². The number of nitrogens with one attached hydrogen (secondary N) is 2. The molecule has 0 bridgehead atoms. The first-order chi connectivity index (χ1) is 9.10. The van der Waals surface area contributed by atoms with Crippen LogP contribution in [-0.2, 0) is 4.79 Å². The summed E-state index contributed by atoms with van der Waals surface area (Å²) < 4.78 is 14.3. The van der Waals surface area contributed by atoms with Crippen LogP contribution in [0.4, 0.5) is 10.1 Å². The van der Waals surface area contributed by atoms with Crippen molar-refractivity contribution in [2.24, 2.45) is 5.92 Å². The highest BCUT2D eigenvalue weighted by molar-refractivity contribution is 9.10. The average molecular weight is 329 g/mol. The predicted molar refractivity (Wildman–Crippen MR) is 77.5 cm³/mol. The van der Waals surface area contributed by atoms with Crippen molar-refractivity contribution in [1.82, 2.24) is 5.32 Å². The molecule has 1 saturated heterocycles. The SMILES string of the molecule is CCC1CCNC(C(=O)Nc2cc(Br)ccc2F)C1. The van der Waals surface area contributed by atoms with Crippen molar-refractivity contribution < 1.29 is 9.18 Å². The van der Waals surface area contributed by atoms with E-state index in [4.69, 9.17) is 0 Å². The van der Waals surface area contributed by atoms with Gasteiger partial charge in [0.25, 0.3) is 0 Å². The Labute approximate surface area is 121 Å². The van der Waals surface area contributed by atoms with Crippen molar-refractivity contribution in [3.8, 4) is 0 Å². The van der Waals surface area contributed by atoms with E-state index in [0.29, 0.717) is 5.92 Å². The van der Waals surface area contributed by atoms with Crippen LogP contribution in [0.5, 0.6) is 0 Å². The van der Waals surface area contributed by atoms with E-state index in [0.717, 1.165) is 30.3 Å². The summed E-state index contributed by atoms with van der Waals surface area (Å²) in [5.74, 6) is -0.00101. The quantitative estimate of drug-likeness (QED) is 0.893. The van der Waals surface area contributed by atoms with Crippen molar-refractivity contribution in [1.29, 1.82) is 0 Å². The topological polar surface area (TPSA) is 41.1 Å². The Balaban J connectivity index is 2.02. The minimum absolute atomic E-state index is 0.157. The van der Waals surface area contributed by atoms with Gasteiger partial charge in [-0.15, -0.1) is 0 Å². The van der Waals surface area contributed by atoms with Crippen LogP contribution in [0.1, 0.15) is 26.2 Å². The third-order valence-electron chi connectivity index (χ3n) is 3.59. The standard InChI is InChI=1S/C14H18BrFN2O/c1-2-9-5-6-17-13(7-9)14(19)18-12-8-10(15)3-4-11(12)16/h3-4,8-9,13,17H,2,5-7H2,1H3,(H,18,19). The summed E-state index contributed by atoms with van der Waals surface area (Å²) in [4.78, 5) is 12.1. The van der Waals surface area contributed by atoms with Crippen molar-refractivity contribution in [2.45, 2.75) is 32.2 Å². The molecule has 2 atom stereocenters. The van der Waals surface area contributed by atoms with Gasteiger partial charge in [0.15, 0.2) is 0 Å². The van der Waals surface area contributed by atoms with Gasteiger partial charge in [-0.1, -0.05) is 29.3 Å². The Morgan fingerprint density at radius 1 is 1.58 bits per heavy atom. The molecule has 2 rings (SSSR count). The van der Waals surface area contributed by atoms with Gasteiger partial charge in [0.2, 0.25) is 5.91 Å². The van der Waals surface area contributed by atoms with Crippen LogP contribution in [0.25, 0.3) is 0 Å². The normalized spacial score (nSPS) is 23.1. The molecular formula is C14H18BrFN2O. The van der Waals surface area contributed by atoms with E-state index in [1.807, 2.05) is 0 Å². The fourth-order valence-electron chi connectivity index (χ4n) is 2.38. The lowest BCUT2D eigenvalue weighted by Crippen LogP contribution is -2.46. The van der Waals surface area contributed by atoms with Crippen LogP contribution in [0, 0.1) is 11.7 Å². The minimum atomic E-state index is -0.417. The highest BCUT2D eigenvalue weighted by Crippen LogP contribution is 2.23. The molecule has 3 nitrogen and oxygen atoms in total. The maximum Gasteiger partial charge on any atom is 0.241 e. The number of carbonyl (C=O) groups excluding carboxylic acids is 1. The minimum Gasteiger partial charge on any atom is -0.322 e. The van der Waals surface area contributed by atoms with Crippen LogP contribution in [0.3, 0.4) is 0 Å². The van der Waals surface area contributed by atoms with Gasteiger partial charge in [-0.25, -0.2) is 4.39 Å². The number of halogens is 2. The third-order valence-corrected chi connectivity index (χ3v) is 4.09. The van der Waals surface area contributed by atoms with Crippen molar-refractivity contribution in [2.75, 3.05) is 11.9 Å². The summed E-state index contributed by atoms with van der Waals surface area (Å²) in [5.41, 5.74) is 0.222. The third kappa shape index (κ3) is 3.76. The molecule has 0 aliphatic carbocycles. The van der Waals surface area contributed by atoms with Gasteiger partial charge in [0.05, 0.1) is 11.7 Å². The Hall–Kier alpha value is -0.940. The maximum absolute atomic E-state index is 13.6.